The largest absolute Gasteiger partial charge is 0.469 e. The zero-order chi connectivity index (χ0) is 16.4. The fourth-order valence-electron chi connectivity index (χ4n) is 4.05. The summed E-state index contributed by atoms with van der Waals surface area (Å²) in [5.74, 6) is 0.325. The van der Waals surface area contributed by atoms with Gasteiger partial charge in [-0.15, -0.1) is 0 Å². The van der Waals surface area contributed by atoms with Crippen molar-refractivity contribution in [3.63, 3.8) is 0 Å². The van der Waals surface area contributed by atoms with Gasteiger partial charge in [-0.05, 0) is 37.5 Å². The van der Waals surface area contributed by atoms with E-state index < -0.39 is 0 Å². The fraction of sp³-hybridized carbons (Fsp3) is 0.625. The van der Waals surface area contributed by atoms with Crippen LogP contribution in [-0.2, 0) is 20.9 Å². The number of amides is 1. The lowest BCUT2D eigenvalue weighted by molar-refractivity contribution is -0.151. The Bertz CT molecular complexity index is 596. The van der Waals surface area contributed by atoms with Gasteiger partial charge in [0.2, 0.25) is 5.91 Å². The van der Waals surface area contributed by atoms with E-state index >= 15 is 0 Å². The van der Waals surface area contributed by atoms with Crippen LogP contribution in [0.2, 0.25) is 5.15 Å². The van der Waals surface area contributed by atoms with Crippen molar-refractivity contribution in [3.05, 3.63) is 23.2 Å². The Hall–Kier alpha value is -1.69. The standard InChI is InChI=1S/C16H20ClN3O3/c1-23-16(22)13-9-2-3-10(13)7-11(6-9)15(21)20-8-12-14(17)19-5-4-18-12/h4-5,9-11,13H,2-3,6-8H2,1H3,(H,20,21). The number of nitrogens with one attached hydrogen (secondary N) is 1. The van der Waals surface area contributed by atoms with Crippen molar-refractivity contribution >= 4 is 23.5 Å². The van der Waals surface area contributed by atoms with Crippen LogP contribution in [0.1, 0.15) is 31.4 Å². The molecule has 23 heavy (non-hydrogen) atoms. The van der Waals surface area contributed by atoms with E-state index in [1.165, 1.54) is 13.3 Å². The van der Waals surface area contributed by atoms with Crippen molar-refractivity contribution in [1.82, 2.24) is 15.3 Å². The molecule has 1 amide bonds. The van der Waals surface area contributed by atoms with Gasteiger partial charge in [-0.1, -0.05) is 11.6 Å². The summed E-state index contributed by atoms with van der Waals surface area (Å²) in [6.45, 7) is 0.276. The number of carbonyl (C=O) groups excluding carboxylic acids is 2. The molecule has 2 aliphatic carbocycles. The second-order valence-corrected chi connectivity index (χ2v) is 6.68. The number of fused-ring (bicyclic) bond motifs is 2. The highest BCUT2D eigenvalue weighted by Crippen LogP contribution is 2.49. The van der Waals surface area contributed by atoms with E-state index in [0.717, 1.165) is 25.7 Å². The van der Waals surface area contributed by atoms with Gasteiger partial charge >= 0.3 is 5.97 Å². The molecular weight excluding hydrogens is 318 g/mol. The van der Waals surface area contributed by atoms with E-state index in [-0.39, 0.29) is 42.1 Å². The van der Waals surface area contributed by atoms with Gasteiger partial charge in [0, 0.05) is 18.3 Å². The Labute approximate surface area is 140 Å². The first-order valence-corrected chi connectivity index (χ1v) is 8.29. The molecule has 0 aromatic carbocycles. The van der Waals surface area contributed by atoms with Crippen molar-refractivity contribution in [1.29, 1.82) is 0 Å². The number of carbonyl (C=O) groups is 2. The lowest BCUT2D eigenvalue weighted by atomic mass is 9.73. The average Bonchev–Trinajstić information content (AvgIpc) is 2.82. The van der Waals surface area contributed by atoms with Gasteiger partial charge in [-0.3, -0.25) is 14.6 Å². The summed E-state index contributed by atoms with van der Waals surface area (Å²) in [5, 5.41) is 3.20. The summed E-state index contributed by atoms with van der Waals surface area (Å²) in [5.41, 5.74) is 0.564. The number of rotatable bonds is 4. The molecule has 2 atom stereocenters. The number of methoxy groups -OCH3 is 1. The second kappa shape index (κ2) is 6.83. The highest BCUT2D eigenvalue weighted by Gasteiger charge is 2.48. The molecule has 0 radical (unpaired) electrons. The molecule has 0 aliphatic heterocycles. The number of ether oxygens (including phenoxy) is 1. The zero-order valence-electron chi connectivity index (χ0n) is 13.0. The SMILES string of the molecule is COC(=O)C1C2CCC1CC(C(=O)NCc1nccnc1Cl)C2. The van der Waals surface area contributed by atoms with Crippen molar-refractivity contribution in [3.8, 4) is 0 Å². The number of esters is 1. The van der Waals surface area contributed by atoms with E-state index in [1.807, 2.05) is 0 Å². The van der Waals surface area contributed by atoms with Crippen molar-refractivity contribution in [2.45, 2.75) is 32.2 Å². The molecular formula is C16H20ClN3O3. The Kier molecular flexibility index (Phi) is 4.80. The van der Waals surface area contributed by atoms with Crippen LogP contribution in [0.3, 0.4) is 0 Å². The van der Waals surface area contributed by atoms with E-state index in [0.29, 0.717) is 10.8 Å². The third kappa shape index (κ3) is 3.32. The summed E-state index contributed by atoms with van der Waals surface area (Å²) in [7, 11) is 1.44. The fourth-order valence-corrected chi connectivity index (χ4v) is 4.22. The average molecular weight is 338 g/mol. The molecule has 7 heteroatoms. The predicted molar refractivity (Wildman–Crippen MR) is 83.3 cm³/mol. The van der Waals surface area contributed by atoms with Crippen LogP contribution in [0.25, 0.3) is 0 Å². The van der Waals surface area contributed by atoms with Crippen molar-refractivity contribution in [2.75, 3.05) is 7.11 Å². The molecule has 2 bridgehead atoms. The summed E-state index contributed by atoms with van der Waals surface area (Å²) < 4.78 is 4.92. The molecule has 2 saturated carbocycles. The third-order valence-corrected chi connectivity index (χ3v) is 5.41. The third-order valence-electron chi connectivity index (χ3n) is 5.10. The summed E-state index contributed by atoms with van der Waals surface area (Å²) >= 11 is 5.94. The van der Waals surface area contributed by atoms with E-state index in [9.17, 15) is 9.59 Å². The highest BCUT2D eigenvalue weighted by molar-refractivity contribution is 6.29. The normalized spacial score (nSPS) is 29.1. The number of hydrogen-bond donors (Lipinski definition) is 1. The second-order valence-electron chi connectivity index (χ2n) is 6.33. The zero-order valence-corrected chi connectivity index (χ0v) is 13.8. The molecule has 0 saturated heterocycles. The summed E-state index contributed by atoms with van der Waals surface area (Å²) in [4.78, 5) is 32.4. The molecule has 1 heterocycles. The maximum atomic E-state index is 12.4. The Morgan fingerprint density at radius 2 is 1.91 bits per heavy atom. The minimum atomic E-state index is -0.123. The molecule has 1 aromatic rings. The Balaban J connectivity index is 1.58. The molecule has 6 nitrogen and oxygen atoms in total. The van der Waals surface area contributed by atoms with Crippen LogP contribution in [0.15, 0.2) is 12.4 Å². The van der Waals surface area contributed by atoms with Crippen LogP contribution in [0.4, 0.5) is 0 Å². The van der Waals surface area contributed by atoms with Gasteiger partial charge < -0.3 is 10.1 Å². The predicted octanol–water partition coefficient (Wildman–Crippen LogP) is 1.97. The molecule has 124 valence electrons. The minimum Gasteiger partial charge on any atom is -0.469 e. The first-order valence-electron chi connectivity index (χ1n) is 7.91. The Morgan fingerprint density at radius 1 is 1.26 bits per heavy atom. The van der Waals surface area contributed by atoms with E-state index in [1.54, 1.807) is 6.20 Å². The number of aromatic nitrogens is 2. The topological polar surface area (TPSA) is 81.2 Å². The number of hydrogen-bond acceptors (Lipinski definition) is 5. The lowest BCUT2D eigenvalue weighted by Crippen LogP contribution is -2.39. The summed E-state index contributed by atoms with van der Waals surface area (Å²) in [6, 6.07) is 0. The smallest absolute Gasteiger partial charge is 0.309 e. The number of nitrogens with zero attached hydrogens (tertiary/aromatic N) is 2. The van der Waals surface area contributed by atoms with Gasteiger partial charge in [0.05, 0.1) is 25.3 Å². The van der Waals surface area contributed by atoms with E-state index in [4.69, 9.17) is 16.3 Å². The van der Waals surface area contributed by atoms with Crippen LogP contribution in [-0.4, -0.2) is 29.0 Å². The first kappa shape index (κ1) is 16.2. The Morgan fingerprint density at radius 3 is 2.52 bits per heavy atom. The van der Waals surface area contributed by atoms with Crippen LogP contribution in [0, 0.1) is 23.7 Å². The maximum Gasteiger partial charge on any atom is 0.309 e. The molecule has 2 aliphatic rings. The van der Waals surface area contributed by atoms with Gasteiger partial charge in [0.25, 0.3) is 0 Å². The molecule has 2 fully saturated rings. The van der Waals surface area contributed by atoms with Gasteiger partial charge in [0.15, 0.2) is 5.15 Å². The first-order chi connectivity index (χ1) is 11.1. The van der Waals surface area contributed by atoms with Crippen LogP contribution >= 0.6 is 11.6 Å². The molecule has 1 aromatic heterocycles. The molecule has 2 unspecified atom stereocenters. The van der Waals surface area contributed by atoms with Crippen LogP contribution < -0.4 is 5.32 Å². The van der Waals surface area contributed by atoms with Crippen molar-refractivity contribution < 1.29 is 14.3 Å². The monoisotopic (exact) mass is 337 g/mol. The molecule has 3 rings (SSSR count). The van der Waals surface area contributed by atoms with E-state index in [2.05, 4.69) is 15.3 Å². The van der Waals surface area contributed by atoms with Gasteiger partial charge in [0.1, 0.15) is 0 Å². The highest BCUT2D eigenvalue weighted by atomic mass is 35.5. The minimum absolute atomic E-state index is 0.00642. The van der Waals surface area contributed by atoms with Gasteiger partial charge in [-0.2, -0.15) is 0 Å². The lowest BCUT2D eigenvalue weighted by Gasteiger charge is -2.32. The molecule has 0 spiro atoms. The van der Waals surface area contributed by atoms with Crippen molar-refractivity contribution in [2.24, 2.45) is 23.7 Å². The van der Waals surface area contributed by atoms with Crippen LogP contribution in [0.5, 0.6) is 0 Å². The molecule has 1 N–H and O–H groups in total. The number of halogens is 1. The quantitative estimate of drug-likeness (QED) is 0.849. The van der Waals surface area contributed by atoms with Gasteiger partial charge in [-0.25, -0.2) is 4.98 Å². The summed E-state index contributed by atoms with van der Waals surface area (Å²) in [6.07, 6.45) is 6.57. The maximum absolute atomic E-state index is 12.4.